The minimum atomic E-state index is -0.746. The summed E-state index contributed by atoms with van der Waals surface area (Å²) < 4.78 is 13.9. The third-order valence-electron chi connectivity index (χ3n) is 3.57. The molecule has 1 aromatic rings. The quantitative estimate of drug-likeness (QED) is 0.839. The van der Waals surface area contributed by atoms with Crippen LogP contribution in [0.3, 0.4) is 0 Å². The molecule has 106 valence electrons. The van der Waals surface area contributed by atoms with Crippen LogP contribution in [-0.2, 0) is 6.42 Å². The molecule has 0 saturated heterocycles. The molecule has 0 aliphatic heterocycles. The first-order valence-electron chi connectivity index (χ1n) is 6.68. The average molecular weight is 285 g/mol. The number of aryl methyl sites for hydroxylation is 1. The summed E-state index contributed by atoms with van der Waals surface area (Å²) in [5.74, 6) is 0.759. The van der Waals surface area contributed by atoms with Gasteiger partial charge in [0.1, 0.15) is 6.33 Å². The SMILES string of the molecule is CCS[C@@H]1CC[C@]1(O)CNc1ncnc(CC)c1F. The summed E-state index contributed by atoms with van der Waals surface area (Å²) in [5, 5.41) is 13.6. The fourth-order valence-electron chi connectivity index (χ4n) is 2.25. The molecule has 1 aliphatic rings. The normalized spacial score (nSPS) is 26.0. The fourth-order valence-corrected chi connectivity index (χ4v) is 3.45. The van der Waals surface area contributed by atoms with Gasteiger partial charge in [-0.3, -0.25) is 0 Å². The molecule has 0 unspecified atom stereocenters. The molecular formula is C13H20FN3OS. The largest absolute Gasteiger partial charge is 0.387 e. The number of rotatable bonds is 6. The van der Waals surface area contributed by atoms with E-state index in [1.54, 1.807) is 11.8 Å². The van der Waals surface area contributed by atoms with Gasteiger partial charge in [0.05, 0.1) is 11.3 Å². The molecule has 1 heterocycles. The lowest BCUT2D eigenvalue weighted by Crippen LogP contribution is -2.54. The van der Waals surface area contributed by atoms with Gasteiger partial charge in [-0.15, -0.1) is 0 Å². The molecular weight excluding hydrogens is 265 g/mol. The van der Waals surface area contributed by atoms with E-state index in [9.17, 15) is 9.50 Å². The number of halogens is 1. The molecule has 0 spiro atoms. The molecule has 2 N–H and O–H groups in total. The van der Waals surface area contributed by atoms with E-state index in [0.29, 0.717) is 18.7 Å². The average Bonchev–Trinajstić information content (AvgIpc) is 2.42. The predicted molar refractivity (Wildman–Crippen MR) is 76.0 cm³/mol. The molecule has 1 saturated carbocycles. The van der Waals surface area contributed by atoms with Crippen LogP contribution in [0.1, 0.15) is 32.4 Å². The van der Waals surface area contributed by atoms with Crippen molar-refractivity contribution in [2.75, 3.05) is 17.6 Å². The van der Waals surface area contributed by atoms with Gasteiger partial charge in [0.2, 0.25) is 0 Å². The standard InChI is InChI=1S/C13H20FN3OS/c1-3-9-11(14)12(17-8-16-9)15-7-13(18)6-5-10(13)19-4-2/h8,10,18H,3-7H2,1-2H3,(H,15,16,17)/t10-,13+/m1/s1. The maximum Gasteiger partial charge on any atom is 0.186 e. The molecule has 2 rings (SSSR count). The fraction of sp³-hybridized carbons (Fsp3) is 0.692. The number of nitrogens with zero attached hydrogens (tertiary/aromatic N) is 2. The van der Waals surface area contributed by atoms with Crippen molar-refractivity contribution in [2.45, 2.75) is 44.0 Å². The maximum atomic E-state index is 13.9. The van der Waals surface area contributed by atoms with E-state index in [1.807, 2.05) is 6.92 Å². The van der Waals surface area contributed by atoms with Gasteiger partial charge in [-0.2, -0.15) is 11.8 Å². The third kappa shape index (κ3) is 3.00. The molecule has 19 heavy (non-hydrogen) atoms. The summed E-state index contributed by atoms with van der Waals surface area (Å²) in [5.41, 5.74) is -0.345. The highest BCUT2D eigenvalue weighted by Crippen LogP contribution is 2.41. The Kier molecular flexibility index (Phi) is 4.62. The third-order valence-corrected chi connectivity index (χ3v) is 4.98. The predicted octanol–water partition coefficient (Wildman–Crippen LogP) is 2.24. The van der Waals surface area contributed by atoms with Crippen LogP contribution in [0.25, 0.3) is 0 Å². The highest BCUT2D eigenvalue weighted by molar-refractivity contribution is 8.00. The van der Waals surface area contributed by atoms with E-state index < -0.39 is 11.4 Å². The second kappa shape index (κ2) is 6.05. The van der Waals surface area contributed by atoms with Crippen LogP contribution in [0, 0.1) is 5.82 Å². The Morgan fingerprint density at radius 3 is 2.89 bits per heavy atom. The molecule has 4 nitrogen and oxygen atoms in total. The van der Waals surface area contributed by atoms with Crippen molar-refractivity contribution in [3.8, 4) is 0 Å². The van der Waals surface area contributed by atoms with Gasteiger partial charge in [-0.1, -0.05) is 13.8 Å². The number of hydrogen-bond acceptors (Lipinski definition) is 5. The summed E-state index contributed by atoms with van der Waals surface area (Å²) in [6, 6.07) is 0. The van der Waals surface area contributed by atoms with Crippen LogP contribution in [-0.4, -0.2) is 38.2 Å². The number of anilines is 1. The van der Waals surface area contributed by atoms with Crippen molar-refractivity contribution in [2.24, 2.45) is 0 Å². The van der Waals surface area contributed by atoms with Gasteiger partial charge < -0.3 is 10.4 Å². The molecule has 6 heteroatoms. The van der Waals surface area contributed by atoms with Gasteiger partial charge >= 0.3 is 0 Å². The van der Waals surface area contributed by atoms with Gasteiger partial charge in [-0.25, -0.2) is 14.4 Å². The molecule has 2 atom stereocenters. The number of aromatic nitrogens is 2. The number of nitrogens with one attached hydrogen (secondary N) is 1. The first-order chi connectivity index (χ1) is 9.10. The Labute approximate surface area is 117 Å². The lowest BCUT2D eigenvalue weighted by molar-refractivity contribution is -0.0121. The highest BCUT2D eigenvalue weighted by atomic mass is 32.2. The van der Waals surface area contributed by atoms with Gasteiger partial charge in [0.15, 0.2) is 11.6 Å². The zero-order valence-electron chi connectivity index (χ0n) is 11.3. The summed E-state index contributed by atoms with van der Waals surface area (Å²) in [6.07, 6.45) is 3.66. The Morgan fingerprint density at radius 1 is 1.53 bits per heavy atom. The number of thioether (sulfide) groups is 1. The van der Waals surface area contributed by atoms with Gasteiger partial charge in [0, 0.05) is 11.8 Å². The monoisotopic (exact) mass is 285 g/mol. The smallest absolute Gasteiger partial charge is 0.186 e. The van der Waals surface area contributed by atoms with E-state index in [4.69, 9.17) is 0 Å². The summed E-state index contributed by atoms with van der Waals surface area (Å²) in [7, 11) is 0. The first-order valence-corrected chi connectivity index (χ1v) is 7.72. The zero-order valence-corrected chi connectivity index (χ0v) is 12.1. The minimum Gasteiger partial charge on any atom is -0.387 e. The second-order valence-electron chi connectivity index (χ2n) is 4.78. The Balaban J connectivity index is 1.99. The summed E-state index contributed by atoms with van der Waals surface area (Å²) in [6.45, 7) is 4.26. The van der Waals surface area contributed by atoms with Crippen molar-refractivity contribution in [3.63, 3.8) is 0 Å². The molecule has 1 fully saturated rings. The highest BCUT2D eigenvalue weighted by Gasteiger charge is 2.45. The van der Waals surface area contributed by atoms with Crippen molar-refractivity contribution in [1.29, 1.82) is 0 Å². The number of aliphatic hydroxyl groups is 1. The lowest BCUT2D eigenvalue weighted by atomic mass is 9.79. The molecule has 0 amide bonds. The van der Waals surface area contributed by atoms with Crippen molar-refractivity contribution in [3.05, 3.63) is 17.8 Å². The summed E-state index contributed by atoms with van der Waals surface area (Å²) >= 11 is 1.76. The van der Waals surface area contributed by atoms with Crippen LogP contribution in [0.15, 0.2) is 6.33 Å². The molecule has 0 radical (unpaired) electrons. The van der Waals surface area contributed by atoms with E-state index in [1.165, 1.54) is 6.33 Å². The van der Waals surface area contributed by atoms with Crippen LogP contribution in [0.2, 0.25) is 0 Å². The Bertz CT molecular complexity index is 446. The van der Waals surface area contributed by atoms with E-state index in [2.05, 4.69) is 22.2 Å². The van der Waals surface area contributed by atoms with E-state index in [-0.39, 0.29) is 11.1 Å². The topological polar surface area (TPSA) is 58.0 Å². The van der Waals surface area contributed by atoms with Crippen LogP contribution in [0.4, 0.5) is 10.2 Å². The maximum absolute atomic E-state index is 13.9. The molecule has 1 aliphatic carbocycles. The zero-order chi connectivity index (χ0) is 13.9. The molecule has 1 aromatic heterocycles. The second-order valence-corrected chi connectivity index (χ2v) is 6.26. The lowest BCUT2D eigenvalue weighted by Gasteiger charge is -2.45. The summed E-state index contributed by atoms with van der Waals surface area (Å²) in [4.78, 5) is 7.79. The van der Waals surface area contributed by atoms with E-state index in [0.717, 1.165) is 18.6 Å². The first kappa shape index (κ1) is 14.5. The van der Waals surface area contributed by atoms with Gasteiger partial charge in [-0.05, 0) is 25.0 Å². The van der Waals surface area contributed by atoms with Crippen LogP contribution in [0.5, 0.6) is 0 Å². The molecule has 0 aromatic carbocycles. The Hall–Kier alpha value is -0.880. The Morgan fingerprint density at radius 2 is 2.32 bits per heavy atom. The van der Waals surface area contributed by atoms with Crippen molar-refractivity contribution >= 4 is 17.6 Å². The molecule has 0 bridgehead atoms. The number of hydrogen-bond donors (Lipinski definition) is 2. The van der Waals surface area contributed by atoms with Crippen molar-refractivity contribution in [1.82, 2.24) is 9.97 Å². The van der Waals surface area contributed by atoms with Gasteiger partial charge in [0.25, 0.3) is 0 Å². The van der Waals surface area contributed by atoms with Crippen LogP contribution >= 0.6 is 11.8 Å². The van der Waals surface area contributed by atoms with E-state index >= 15 is 0 Å². The van der Waals surface area contributed by atoms with Crippen molar-refractivity contribution < 1.29 is 9.50 Å². The minimum absolute atomic E-state index is 0.187. The van der Waals surface area contributed by atoms with Crippen LogP contribution < -0.4 is 5.32 Å².